The van der Waals surface area contributed by atoms with E-state index in [0.717, 1.165) is 32.6 Å². The molecule has 0 aromatic heterocycles. The van der Waals surface area contributed by atoms with Gasteiger partial charge in [-0.05, 0) is 61.7 Å². The van der Waals surface area contributed by atoms with Gasteiger partial charge in [-0.2, -0.15) is 0 Å². The molecular formula is C18H21BrN2O2. The number of amides is 2. The first-order valence-electron chi connectivity index (χ1n) is 7.47. The predicted octanol–water partition coefficient (Wildman–Crippen LogP) is 4.57. The molecule has 2 amide bonds. The number of ether oxygens (including phenoxy) is 1. The molecule has 0 atom stereocenters. The van der Waals surface area contributed by atoms with Gasteiger partial charge in [0.15, 0.2) is 0 Å². The zero-order chi connectivity index (χ0) is 16.8. The minimum absolute atomic E-state index is 0.236. The summed E-state index contributed by atoms with van der Waals surface area (Å²) in [7, 11) is 0. The number of nitrogens with one attached hydrogen (secondary N) is 2. The maximum Gasteiger partial charge on any atom is 0.319 e. The van der Waals surface area contributed by atoms with Crippen molar-refractivity contribution in [1.82, 2.24) is 5.32 Å². The van der Waals surface area contributed by atoms with Crippen LogP contribution in [0.25, 0.3) is 0 Å². The monoisotopic (exact) mass is 376 g/mol. The Hall–Kier alpha value is -2.01. The van der Waals surface area contributed by atoms with Crippen molar-refractivity contribution >= 4 is 27.6 Å². The van der Waals surface area contributed by atoms with Crippen molar-refractivity contribution in [3.05, 3.63) is 57.6 Å². The maximum absolute atomic E-state index is 11.9. The minimum Gasteiger partial charge on any atom is -0.491 e. The third-order valence-corrected chi connectivity index (χ3v) is 3.92. The highest BCUT2D eigenvalue weighted by Gasteiger charge is 2.05. The molecule has 122 valence electrons. The van der Waals surface area contributed by atoms with E-state index >= 15 is 0 Å². The smallest absolute Gasteiger partial charge is 0.319 e. The van der Waals surface area contributed by atoms with Crippen molar-refractivity contribution in [2.24, 2.45) is 0 Å². The second kappa shape index (κ2) is 8.02. The van der Waals surface area contributed by atoms with Gasteiger partial charge in [0.1, 0.15) is 12.4 Å². The van der Waals surface area contributed by atoms with E-state index in [-0.39, 0.29) is 6.03 Å². The van der Waals surface area contributed by atoms with Crippen LogP contribution in [0.2, 0.25) is 0 Å². The molecule has 0 heterocycles. The van der Waals surface area contributed by atoms with Crippen LogP contribution in [0.4, 0.5) is 10.5 Å². The summed E-state index contributed by atoms with van der Waals surface area (Å²) < 4.78 is 6.70. The van der Waals surface area contributed by atoms with Crippen molar-refractivity contribution in [3.63, 3.8) is 0 Å². The van der Waals surface area contributed by atoms with Crippen LogP contribution in [0, 0.1) is 20.8 Å². The topological polar surface area (TPSA) is 50.4 Å². The highest BCUT2D eigenvalue weighted by molar-refractivity contribution is 9.10. The van der Waals surface area contributed by atoms with Crippen LogP contribution >= 0.6 is 15.9 Å². The Bertz CT molecular complexity index is 701. The molecular weight excluding hydrogens is 356 g/mol. The van der Waals surface area contributed by atoms with Crippen molar-refractivity contribution in [2.75, 3.05) is 18.5 Å². The Morgan fingerprint density at radius 2 is 1.87 bits per heavy atom. The zero-order valence-corrected chi connectivity index (χ0v) is 15.2. The lowest BCUT2D eigenvalue weighted by Crippen LogP contribution is -2.32. The molecule has 5 heteroatoms. The van der Waals surface area contributed by atoms with Gasteiger partial charge in [0, 0.05) is 10.2 Å². The zero-order valence-electron chi connectivity index (χ0n) is 13.6. The molecule has 0 bridgehead atoms. The van der Waals surface area contributed by atoms with Gasteiger partial charge in [0.2, 0.25) is 0 Å². The molecule has 0 saturated heterocycles. The number of carbonyl (C=O) groups is 1. The van der Waals surface area contributed by atoms with Crippen LogP contribution in [0.1, 0.15) is 16.7 Å². The molecule has 0 fully saturated rings. The standard InChI is InChI=1S/C18H21BrN2O2/c1-12-4-5-13(2)17(10-12)23-9-8-20-18(22)21-16-7-6-15(19)11-14(16)3/h4-7,10-11H,8-9H2,1-3H3,(H2,20,21,22). The maximum atomic E-state index is 11.9. The Labute approximate surface area is 145 Å². The summed E-state index contributed by atoms with van der Waals surface area (Å²) in [5.41, 5.74) is 4.04. The lowest BCUT2D eigenvalue weighted by atomic mass is 10.1. The summed E-state index contributed by atoms with van der Waals surface area (Å²) in [5.74, 6) is 0.857. The lowest BCUT2D eigenvalue weighted by Gasteiger charge is -2.12. The van der Waals surface area contributed by atoms with Gasteiger partial charge in [-0.25, -0.2) is 4.79 Å². The summed E-state index contributed by atoms with van der Waals surface area (Å²) in [4.78, 5) is 11.9. The predicted molar refractivity (Wildman–Crippen MR) is 97.3 cm³/mol. The van der Waals surface area contributed by atoms with Crippen molar-refractivity contribution < 1.29 is 9.53 Å². The lowest BCUT2D eigenvalue weighted by molar-refractivity contribution is 0.247. The summed E-state index contributed by atoms with van der Waals surface area (Å²) >= 11 is 3.40. The van der Waals surface area contributed by atoms with Gasteiger partial charge in [0.05, 0.1) is 6.54 Å². The number of rotatable bonds is 5. The second-order valence-electron chi connectivity index (χ2n) is 5.46. The first kappa shape index (κ1) is 17.3. The SMILES string of the molecule is Cc1ccc(C)c(OCCNC(=O)Nc2ccc(Br)cc2C)c1. The average Bonchev–Trinajstić information content (AvgIpc) is 2.50. The summed E-state index contributed by atoms with van der Waals surface area (Å²) in [5, 5.41) is 5.62. The number of benzene rings is 2. The van der Waals surface area contributed by atoms with Crippen LogP contribution in [0.3, 0.4) is 0 Å². The fourth-order valence-electron chi connectivity index (χ4n) is 2.12. The Morgan fingerprint density at radius 1 is 1.09 bits per heavy atom. The molecule has 0 aliphatic heterocycles. The molecule has 2 aromatic rings. The molecule has 0 radical (unpaired) electrons. The molecule has 0 unspecified atom stereocenters. The highest BCUT2D eigenvalue weighted by atomic mass is 79.9. The normalized spacial score (nSPS) is 10.3. The number of urea groups is 1. The fraction of sp³-hybridized carbons (Fsp3) is 0.278. The van der Waals surface area contributed by atoms with Crippen LogP contribution < -0.4 is 15.4 Å². The number of anilines is 1. The molecule has 0 aliphatic carbocycles. The van der Waals surface area contributed by atoms with Crippen LogP contribution in [-0.4, -0.2) is 19.2 Å². The van der Waals surface area contributed by atoms with Gasteiger partial charge in [-0.15, -0.1) is 0 Å². The number of hydrogen-bond donors (Lipinski definition) is 2. The fourth-order valence-corrected chi connectivity index (χ4v) is 2.60. The highest BCUT2D eigenvalue weighted by Crippen LogP contribution is 2.20. The van der Waals surface area contributed by atoms with E-state index in [1.807, 2.05) is 51.1 Å². The van der Waals surface area contributed by atoms with E-state index in [1.54, 1.807) is 0 Å². The third-order valence-electron chi connectivity index (χ3n) is 3.43. The molecule has 0 aliphatic rings. The molecule has 23 heavy (non-hydrogen) atoms. The summed E-state index contributed by atoms with van der Waals surface area (Å²) in [6.45, 7) is 6.85. The summed E-state index contributed by atoms with van der Waals surface area (Å²) in [6, 6.07) is 11.6. The van der Waals surface area contributed by atoms with Crippen molar-refractivity contribution in [1.29, 1.82) is 0 Å². The van der Waals surface area contributed by atoms with E-state index in [4.69, 9.17) is 4.74 Å². The minimum atomic E-state index is -0.236. The molecule has 2 N–H and O–H groups in total. The molecule has 4 nitrogen and oxygen atoms in total. The number of carbonyl (C=O) groups excluding carboxylic acids is 1. The molecule has 0 spiro atoms. The summed E-state index contributed by atoms with van der Waals surface area (Å²) in [6.07, 6.45) is 0. The molecule has 2 rings (SSSR count). The van der Waals surface area contributed by atoms with Gasteiger partial charge in [-0.3, -0.25) is 0 Å². The van der Waals surface area contributed by atoms with E-state index in [2.05, 4.69) is 32.6 Å². The number of hydrogen-bond acceptors (Lipinski definition) is 2. The van der Waals surface area contributed by atoms with E-state index in [9.17, 15) is 4.79 Å². The van der Waals surface area contributed by atoms with Gasteiger partial charge in [0.25, 0.3) is 0 Å². The average molecular weight is 377 g/mol. The van der Waals surface area contributed by atoms with Crippen LogP contribution in [0.15, 0.2) is 40.9 Å². The third kappa shape index (κ3) is 5.28. The van der Waals surface area contributed by atoms with Crippen molar-refractivity contribution in [3.8, 4) is 5.75 Å². The first-order chi connectivity index (χ1) is 11.0. The Balaban J connectivity index is 1.77. The van der Waals surface area contributed by atoms with E-state index in [0.29, 0.717) is 13.2 Å². The Morgan fingerprint density at radius 3 is 2.61 bits per heavy atom. The molecule has 2 aromatic carbocycles. The quantitative estimate of drug-likeness (QED) is 0.750. The largest absolute Gasteiger partial charge is 0.491 e. The van der Waals surface area contributed by atoms with Gasteiger partial charge < -0.3 is 15.4 Å². The first-order valence-corrected chi connectivity index (χ1v) is 8.26. The Kier molecular flexibility index (Phi) is 6.04. The molecule has 0 saturated carbocycles. The van der Waals surface area contributed by atoms with Crippen LogP contribution in [-0.2, 0) is 0 Å². The number of halogens is 1. The second-order valence-corrected chi connectivity index (χ2v) is 6.37. The van der Waals surface area contributed by atoms with Crippen molar-refractivity contribution in [2.45, 2.75) is 20.8 Å². The van der Waals surface area contributed by atoms with Gasteiger partial charge in [-0.1, -0.05) is 28.1 Å². The number of aryl methyl sites for hydroxylation is 3. The van der Waals surface area contributed by atoms with Gasteiger partial charge >= 0.3 is 6.03 Å². The van der Waals surface area contributed by atoms with E-state index in [1.165, 1.54) is 0 Å². The van der Waals surface area contributed by atoms with E-state index < -0.39 is 0 Å². The van der Waals surface area contributed by atoms with Crippen LogP contribution in [0.5, 0.6) is 5.75 Å².